The van der Waals surface area contributed by atoms with Gasteiger partial charge in [-0.2, -0.15) is 0 Å². The molecule has 0 aliphatic heterocycles. The Morgan fingerprint density at radius 1 is 1.17 bits per heavy atom. The number of rotatable bonds is 9. The third kappa shape index (κ3) is 5.63. The molecule has 0 spiro atoms. The number of methoxy groups -OCH3 is 1. The molecule has 9 heteroatoms. The van der Waals surface area contributed by atoms with Gasteiger partial charge in [0.2, 0.25) is 5.91 Å². The summed E-state index contributed by atoms with van der Waals surface area (Å²) in [6.07, 6.45) is 6.40. The number of halogens is 1. The van der Waals surface area contributed by atoms with Crippen LogP contribution in [0, 0.1) is 26.6 Å². The molecular formula is C27H27FN4O4. The second-order valence-electron chi connectivity index (χ2n) is 8.18. The molecule has 2 heterocycles. The first kappa shape index (κ1) is 24.7. The van der Waals surface area contributed by atoms with E-state index in [0.717, 1.165) is 16.8 Å². The maximum atomic E-state index is 14.6. The number of amides is 1. The van der Waals surface area contributed by atoms with Crippen LogP contribution in [0.3, 0.4) is 0 Å². The van der Waals surface area contributed by atoms with E-state index in [1.54, 1.807) is 61.3 Å². The first-order valence-electron chi connectivity index (χ1n) is 11.3. The lowest BCUT2D eigenvalue weighted by molar-refractivity contribution is -0.116. The zero-order valence-corrected chi connectivity index (χ0v) is 20.5. The molecule has 0 unspecified atom stereocenters. The highest BCUT2D eigenvalue weighted by atomic mass is 19.1. The second-order valence-corrected chi connectivity index (χ2v) is 8.18. The largest absolute Gasteiger partial charge is 0.493 e. The lowest BCUT2D eigenvalue weighted by atomic mass is 10.1. The van der Waals surface area contributed by atoms with Crippen molar-refractivity contribution in [1.29, 1.82) is 0 Å². The Balaban J connectivity index is 1.34. The Hall–Kier alpha value is -4.40. The van der Waals surface area contributed by atoms with Crippen LogP contribution < -0.4 is 14.8 Å². The molecule has 4 aromatic rings. The molecule has 0 saturated heterocycles. The highest BCUT2D eigenvalue weighted by Gasteiger charge is 2.12. The van der Waals surface area contributed by atoms with Gasteiger partial charge in [0.1, 0.15) is 24.0 Å². The lowest BCUT2D eigenvalue weighted by Crippen LogP contribution is -2.20. The summed E-state index contributed by atoms with van der Waals surface area (Å²) in [6, 6.07) is 10.2. The molecule has 0 fully saturated rings. The zero-order chi connectivity index (χ0) is 25.7. The molecule has 4 rings (SSSR count). The molecule has 36 heavy (non-hydrogen) atoms. The molecule has 1 N–H and O–H groups in total. The SMILES string of the molecule is COc1cc(/C=C/C(=O)NCc2ccc(-n3ccnc3C)c(F)c2)ccc1OCc1c(C)noc1C. The van der Waals surface area contributed by atoms with E-state index in [1.807, 2.05) is 19.9 Å². The van der Waals surface area contributed by atoms with Gasteiger partial charge in [-0.25, -0.2) is 9.37 Å². The van der Waals surface area contributed by atoms with Crippen LogP contribution in [-0.4, -0.2) is 27.7 Å². The van der Waals surface area contributed by atoms with Crippen LogP contribution in [0.25, 0.3) is 11.8 Å². The van der Waals surface area contributed by atoms with E-state index < -0.39 is 0 Å². The van der Waals surface area contributed by atoms with Crippen LogP contribution in [0.5, 0.6) is 11.5 Å². The third-order valence-corrected chi connectivity index (χ3v) is 5.73. The highest BCUT2D eigenvalue weighted by molar-refractivity contribution is 5.91. The quantitative estimate of drug-likeness (QED) is 0.338. The average molecular weight is 491 g/mol. The zero-order valence-electron chi connectivity index (χ0n) is 20.5. The molecule has 186 valence electrons. The number of aromatic nitrogens is 3. The number of nitrogens with one attached hydrogen (secondary N) is 1. The summed E-state index contributed by atoms with van der Waals surface area (Å²) in [6.45, 7) is 6.00. The minimum Gasteiger partial charge on any atom is -0.493 e. The number of benzene rings is 2. The van der Waals surface area contributed by atoms with Gasteiger partial charge in [-0.15, -0.1) is 0 Å². The van der Waals surface area contributed by atoms with Gasteiger partial charge in [0.25, 0.3) is 0 Å². The van der Waals surface area contributed by atoms with Crippen molar-refractivity contribution in [3.8, 4) is 17.2 Å². The molecule has 8 nitrogen and oxygen atoms in total. The number of nitrogens with zero attached hydrogens (tertiary/aromatic N) is 3. The van der Waals surface area contributed by atoms with E-state index in [1.165, 1.54) is 12.1 Å². The lowest BCUT2D eigenvalue weighted by Gasteiger charge is -2.11. The fourth-order valence-corrected chi connectivity index (χ4v) is 3.67. The predicted molar refractivity (Wildman–Crippen MR) is 132 cm³/mol. The van der Waals surface area contributed by atoms with Crippen molar-refractivity contribution in [3.05, 3.63) is 94.7 Å². The van der Waals surface area contributed by atoms with Crippen molar-refractivity contribution in [2.45, 2.75) is 33.9 Å². The number of carbonyl (C=O) groups excluding carboxylic acids is 1. The van der Waals surface area contributed by atoms with Crippen LogP contribution >= 0.6 is 0 Å². The summed E-state index contributed by atoms with van der Waals surface area (Å²) in [4.78, 5) is 16.4. The monoisotopic (exact) mass is 490 g/mol. The Bertz CT molecular complexity index is 1390. The molecule has 0 atom stereocenters. The fraction of sp³-hybridized carbons (Fsp3) is 0.222. The average Bonchev–Trinajstić information content (AvgIpc) is 3.44. The van der Waals surface area contributed by atoms with Gasteiger partial charge in [-0.1, -0.05) is 17.3 Å². The van der Waals surface area contributed by atoms with Crippen LogP contribution in [0.15, 0.2) is 59.4 Å². The Labute approximate surface area is 208 Å². The fourth-order valence-electron chi connectivity index (χ4n) is 3.67. The number of aryl methyl sites for hydroxylation is 3. The summed E-state index contributed by atoms with van der Waals surface area (Å²) in [5, 5.41) is 6.69. The van der Waals surface area contributed by atoms with Gasteiger partial charge < -0.3 is 23.9 Å². The van der Waals surface area contributed by atoms with E-state index in [0.29, 0.717) is 40.9 Å². The molecule has 0 radical (unpaired) electrons. The highest BCUT2D eigenvalue weighted by Crippen LogP contribution is 2.30. The van der Waals surface area contributed by atoms with E-state index in [-0.39, 0.29) is 18.3 Å². The normalized spacial score (nSPS) is 11.1. The Morgan fingerprint density at radius 2 is 2.00 bits per heavy atom. The molecule has 0 saturated carbocycles. The van der Waals surface area contributed by atoms with Crippen molar-refractivity contribution >= 4 is 12.0 Å². The van der Waals surface area contributed by atoms with Gasteiger partial charge in [0.05, 0.1) is 24.1 Å². The Morgan fingerprint density at radius 3 is 2.67 bits per heavy atom. The van der Waals surface area contributed by atoms with Gasteiger partial charge in [0, 0.05) is 25.0 Å². The molecule has 2 aromatic heterocycles. The van der Waals surface area contributed by atoms with Crippen LogP contribution in [0.4, 0.5) is 4.39 Å². The Kier molecular flexibility index (Phi) is 7.48. The van der Waals surface area contributed by atoms with Crippen molar-refractivity contribution in [2.24, 2.45) is 0 Å². The van der Waals surface area contributed by atoms with Gasteiger partial charge in [0.15, 0.2) is 11.5 Å². The molecule has 0 aliphatic rings. The molecule has 2 aromatic carbocycles. The maximum Gasteiger partial charge on any atom is 0.244 e. The maximum absolute atomic E-state index is 14.6. The smallest absolute Gasteiger partial charge is 0.244 e. The van der Waals surface area contributed by atoms with Crippen molar-refractivity contribution < 1.29 is 23.2 Å². The number of ether oxygens (including phenoxy) is 2. The van der Waals surface area contributed by atoms with Gasteiger partial charge in [-0.3, -0.25) is 4.79 Å². The van der Waals surface area contributed by atoms with Crippen LogP contribution in [-0.2, 0) is 17.9 Å². The third-order valence-electron chi connectivity index (χ3n) is 5.73. The van der Waals surface area contributed by atoms with E-state index in [2.05, 4.69) is 15.5 Å². The summed E-state index contributed by atoms with van der Waals surface area (Å²) in [5.74, 6) is 1.81. The first-order valence-corrected chi connectivity index (χ1v) is 11.3. The number of imidazole rings is 1. The van der Waals surface area contributed by atoms with Crippen molar-refractivity contribution in [3.63, 3.8) is 0 Å². The molecule has 0 bridgehead atoms. The minimum absolute atomic E-state index is 0.196. The second kappa shape index (κ2) is 10.9. The van der Waals surface area contributed by atoms with E-state index >= 15 is 0 Å². The minimum atomic E-state index is -0.387. The van der Waals surface area contributed by atoms with Crippen molar-refractivity contribution in [2.75, 3.05) is 7.11 Å². The van der Waals surface area contributed by atoms with E-state index in [4.69, 9.17) is 14.0 Å². The summed E-state index contributed by atoms with van der Waals surface area (Å²) in [5.41, 5.74) is 3.50. The number of carbonyl (C=O) groups is 1. The van der Waals surface area contributed by atoms with Crippen LogP contribution in [0.1, 0.15) is 34.0 Å². The first-order chi connectivity index (χ1) is 17.4. The molecular weight excluding hydrogens is 463 g/mol. The standard InChI is InChI=1S/C27H27FN4O4/c1-17-22(18(2)36-31-17)16-35-25-9-6-20(14-26(25)34-4)7-10-27(33)30-15-21-5-8-24(23(28)13-21)32-12-11-29-19(32)3/h5-14H,15-16H2,1-4H3,(H,30,33)/b10-7+. The van der Waals surface area contributed by atoms with Gasteiger partial charge >= 0.3 is 0 Å². The molecule has 0 aliphatic carbocycles. The van der Waals surface area contributed by atoms with Crippen LogP contribution in [0.2, 0.25) is 0 Å². The molecule has 1 amide bonds. The topological polar surface area (TPSA) is 91.4 Å². The summed E-state index contributed by atoms with van der Waals surface area (Å²) >= 11 is 0. The van der Waals surface area contributed by atoms with Crippen molar-refractivity contribution in [1.82, 2.24) is 20.0 Å². The predicted octanol–water partition coefficient (Wildman–Crippen LogP) is 4.84. The van der Waals surface area contributed by atoms with Gasteiger partial charge in [-0.05, 0) is 62.2 Å². The number of hydrogen-bond acceptors (Lipinski definition) is 6. The number of hydrogen-bond donors (Lipinski definition) is 1. The van der Waals surface area contributed by atoms with E-state index in [9.17, 15) is 9.18 Å². The summed E-state index contributed by atoms with van der Waals surface area (Å²) in [7, 11) is 1.55. The summed E-state index contributed by atoms with van der Waals surface area (Å²) < 4.78 is 32.7.